The van der Waals surface area contributed by atoms with E-state index in [1.807, 2.05) is 20.8 Å². The summed E-state index contributed by atoms with van der Waals surface area (Å²) in [5.74, 6) is -0.753. The molecule has 0 aromatic heterocycles. The summed E-state index contributed by atoms with van der Waals surface area (Å²) in [6.45, 7) is 5.64. The Bertz CT molecular complexity index is 407. The van der Waals surface area contributed by atoms with Gasteiger partial charge < -0.3 is 14.6 Å². The van der Waals surface area contributed by atoms with Crippen molar-refractivity contribution in [3.05, 3.63) is 0 Å². The highest BCUT2D eigenvalue weighted by atomic mass is 16.6. The van der Waals surface area contributed by atoms with Gasteiger partial charge in [-0.05, 0) is 51.9 Å². The molecule has 0 radical (unpaired) electrons. The quantitative estimate of drug-likeness (QED) is 0.799. The van der Waals surface area contributed by atoms with Crippen molar-refractivity contribution in [1.82, 2.24) is 4.90 Å². The molecular weight excluding hydrogens is 270 g/mol. The van der Waals surface area contributed by atoms with Crippen LogP contribution in [0.2, 0.25) is 0 Å². The van der Waals surface area contributed by atoms with Crippen molar-refractivity contribution >= 4 is 12.1 Å². The van der Waals surface area contributed by atoms with Crippen LogP contribution in [0.25, 0.3) is 0 Å². The third-order valence-corrected chi connectivity index (χ3v) is 5.07. The van der Waals surface area contributed by atoms with Gasteiger partial charge in [-0.1, -0.05) is 19.8 Å². The largest absolute Gasteiger partial charge is 0.548 e. The van der Waals surface area contributed by atoms with E-state index in [1.165, 1.54) is 11.3 Å². The van der Waals surface area contributed by atoms with Gasteiger partial charge in [0.1, 0.15) is 5.60 Å². The lowest BCUT2D eigenvalue weighted by molar-refractivity contribution is -0.313. The predicted molar refractivity (Wildman–Crippen MR) is 76.5 cm³/mol. The number of likely N-dealkylation sites (tertiary alicyclic amines) is 1. The summed E-state index contributed by atoms with van der Waals surface area (Å²) in [7, 11) is 0. The van der Waals surface area contributed by atoms with Crippen molar-refractivity contribution in [2.75, 3.05) is 0 Å². The van der Waals surface area contributed by atoms with Crippen LogP contribution in [0.4, 0.5) is 4.79 Å². The Labute approximate surface area is 126 Å². The first-order valence-corrected chi connectivity index (χ1v) is 8.08. The van der Waals surface area contributed by atoms with E-state index < -0.39 is 23.7 Å². The molecule has 3 atom stereocenters. The zero-order chi connectivity index (χ0) is 15.6. The topological polar surface area (TPSA) is 69.7 Å². The minimum atomic E-state index is -1.16. The number of hydrogen-bond donors (Lipinski definition) is 0. The fraction of sp³-hybridized carbons (Fsp3) is 0.875. The minimum absolute atomic E-state index is 0.00411. The fourth-order valence-electron chi connectivity index (χ4n) is 3.49. The minimum Gasteiger partial charge on any atom is -0.548 e. The van der Waals surface area contributed by atoms with Gasteiger partial charge in [0, 0.05) is 6.04 Å². The Balaban J connectivity index is 2.19. The van der Waals surface area contributed by atoms with Crippen LogP contribution in [0, 0.1) is 5.92 Å². The molecule has 1 heterocycles. The molecule has 5 heteroatoms. The molecule has 21 heavy (non-hydrogen) atoms. The van der Waals surface area contributed by atoms with E-state index in [2.05, 4.69) is 0 Å². The Hall–Kier alpha value is -1.26. The summed E-state index contributed by atoms with van der Waals surface area (Å²) in [6.07, 6.45) is 5.70. The number of carbonyl (C=O) groups excluding carboxylic acids is 2. The number of piperidine rings is 1. The van der Waals surface area contributed by atoms with E-state index in [9.17, 15) is 14.7 Å². The summed E-state index contributed by atoms with van der Waals surface area (Å²) in [4.78, 5) is 25.4. The van der Waals surface area contributed by atoms with Crippen molar-refractivity contribution in [3.63, 3.8) is 0 Å². The Morgan fingerprint density at radius 3 is 2.48 bits per heavy atom. The first kappa shape index (κ1) is 16.1. The third-order valence-electron chi connectivity index (χ3n) is 5.07. The van der Waals surface area contributed by atoms with Crippen LogP contribution in [0.3, 0.4) is 0 Å². The van der Waals surface area contributed by atoms with E-state index in [-0.39, 0.29) is 6.04 Å². The lowest BCUT2D eigenvalue weighted by atomic mass is 9.76. The van der Waals surface area contributed by atoms with Gasteiger partial charge in [0.05, 0.1) is 12.0 Å². The smallest absolute Gasteiger partial charge is 0.411 e. The van der Waals surface area contributed by atoms with Gasteiger partial charge in [-0.25, -0.2) is 4.79 Å². The van der Waals surface area contributed by atoms with Crippen LogP contribution in [0.15, 0.2) is 0 Å². The number of nitrogens with zero attached hydrogens (tertiary/aromatic N) is 1. The second-order valence-electron chi connectivity index (χ2n) is 6.91. The van der Waals surface area contributed by atoms with Gasteiger partial charge in [-0.15, -0.1) is 0 Å². The van der Waals surface area contributed by atoms with Gasteiger partial charge >= 0.3 is 6.09 Å². The van der Waals surface area contributed by atoms with Crippen LogP contribution in [0.5, 0.6) is 0 Å². The lowest BCUT2D eigenvalue weighted by Gasteiger charge is -2.48. The van der Waals surface area contributed by atoms with E-state index in [1.54, 1.807) is 0 Å². The van der Waals surface area contributed by atoms with Crippen molar-refractivity contribution in [1.29, 1.82) is 0 Å². The van der Waals surface area contributed by atoms with Crippen molar-refractivity contribution in [2.45, 2.75) is 83.4 Å². The van der Waals surface area contributed by atoms with Gasteiger partial charge in [-0.2, -0.15) is 0 Å². The number of rotatable bonds is 3. The van der Waals surface area contributed by atoms with Crippen LogP contribution in [-0.4, -0.2) is 34.6 Å². The summed E-state index contributed by atoms with van der Waals surface area (Å²) in [5, 5.41) is 11.4. The van der Waals surface area contributed by atoms with Gasteiger partial charge in [0.15, 0.2) is 0 Å². The molecule has 2 fully saturated rings. The second kappa shape index (κ2) is 6.24. The molecule has 0 bridgehead atoms. The maximum atomic E-state index is 12.6. The molecule has 2 rings (SSSR count). The molecule has 120 valence electrons. The molecule has 1 aliphatic carbocycles. The highest BCUT2D eigenvalue weighted by Crippen LogP contribution is 2.38. The molecule has 0 N–H and O–H groups in total. The normalized spacial score (nSPS) is 29.7. The van der Waals surface area contributed by atoms with Crippen LogP contribution >= 0.6 is 0 Å². The monoisotopic (exact) mass is 296 g/mol. The molecule has 1 aliphatic heterocycles. The highest BCUT2D eigenvalue weighted by molar-refractivity contribution is 5.79. The Kier molecular flexibility index (Phi) is 4.79. The number of carbonyl (C=O) groups is 2. The average Bonchev–Trinajstić information content (AvgIpc) is 2.45. The maximum absolute atomic E-state index is 12.6. The standard InChI is InChI=1S/C16H27NO4/c1-4-16(2,3)21-15(20)17-12-8-6-5-7-11(12)9-10-13(17)14(18)19/h11-13H,4-10H2,1-3H3,(H,18,19)/p-1. The molecule has 1 amide bonds. The molecule has 5 nitrogen and oxygen atoms in total. The zero-order valence-electron chi connectivity index (χ0n) is 13.3. The Morgan fingerprint density at radius 2 is 1.86 bits per heavy atom. The molecule has 1 saturated carbocycles. The summed E-state index contributed by atoms with van der Waals surface area (Å²) < 4.78 is 5.55. The Morgan fingerprint density at radius 1 is 1.19 bits per heavy atom. The number of fused-ring (bicyclic) bond motifs is 1. The number of carboxylic acid groups (broad SMARTS) is 1. The predicted octanol–water partition coefficient (Wildman–Crippen LogP) is 2.08. The maximum Gasteiger partial charge on any atom is 0.411 e. The summed E-state index contributed by atoms with van der Waals surface area (Å²) >= 11 is 0. The first-order valence-electron chi connectivity index (χ1n) is 8.08. The number of ether oxygens (including phenoxy) is 1. The fourth-order valence-corrected chi connectivity index (χ4v) is 3.49. The molecule has 1 saturated heterocycles. The zero-order valence-corrected chi connectivity index (χ0v) is 13.3. The summed E-state index contributed by atoms with van der Waals surface area (Å²) in [5.41, 5.74) is -0.574. The van der Waals surface area contributed by atoms with Gasteiger partial charge in [0.25, 0.3) is 0 Å². The van der Waals surface area contributed by atoms with Crippen LogP contribution in [0.1, 0.15) is 65.7 Å². The van der Waals surface area contributed by atoms with Crippen molar-refractivity contribution < 1.29 is 19.4 Å². The van der Waals surface area contributed by atoms with Crippen molar-refractivity contribution in [3.8, 4) is 0 Å². The van der Waals surface area contributed by atoms with Gasteiger partial charge in [-0.3, -0.25) is 4.90 Å². The number of aliphatic carboxylic acids is 1. The van der Waals surface area contributed by atoms with E-state index in [0.717, 1.165) is 25.7 Å². The molecule has 0 aromatic rings. The highest BCUT2D eigenvalue weighted by Gasteiger charge is 2.43. The molecule has 2 aliphatic rings. The third kappa shape index (κ3) is 3.50. The van der Waals surface area contributed by atoms with E-state index in [4.69, 9.17) is 4.74 Å². The summed E-state index contributed by atoms with van der Waals surface area (Å²) in [6, 6.07) is -0.847. The SMILES string of the molecule is CCC(C)(C)OC(=O)N1C(C(=O)[O-])CCC2CCCCC21. The second-order valence-corrected chi connectivity index (χ2v) is 6.91. The van der Waals surface area contributed by atoms with E-state index in [0.29, 0.717) is 18.8 Å². The molecule has 3 unspecified atom stereocenters. The van der Waals surface area contributed by atoms with Gasteiger partial charge in [0.2, 0.25) is 0 Å². The number of carboxylic acids is 1. The number of amides is 1. The van der Waals surface area contributed by atoms with E-state index >= 15 is 0 Å². The number of hydrogen-bond acceptors (Lipinski definition) is 4. The lowest BCUT2D eigenvalue weighted by Crippen LogP contribution is -2.61. The first-order chi connectivity index (χ1) is 9.85. The molecule has 0 aromatic carbocycles. The van der Waals surface area contributed by atoms with Crippen LogP contribution in [-0.2, 0) is 9.53 Å². The van der Waals surface area contributed by atoms with Crippen LogP contribution < -0.4 is 5.11 Å². The molecule has 0 spiro atoms. The average molecular weight is 296 g/mol. The van der Waals surface area contributed by atoms with Crippen molar-refractivity contribution in [2.24, 2.45) is 5.92 Å². The molecular formula is C16H26NO4-.